The summed E-state index contributed by atoms with van der Waals surface area (Å²) in [6, 6.07) is 0.826. The Morgan fingerprint density at radius 1 is 1.56 bits per heavy atom. The minimum Gasteiger partial charge on any atom is -0.269 e. The molecule has 2 nitrogen and oxygen atoms in total. The molecule has 0 atom stereocenters. The Kier molecular flexibility index (Phi) is 2.52. The molecule has 0 aliphatic rings. The van der Waals surface area contributed by atoms with E-state index < -0.39 is 22.4 Å². The molecule has 0 heterocycles. The summed E-state index contributed by atoms with van der Waals surface area (Å²) in [5.41, 5.74) is -4.63. The summed E-state index contributed by atoms with van der Waals surface area (Å²) in [7, 11) is 0. The molecule has 0 aromatic carbocycles. The number of hydrogen-bond donors (Lipinski definition) is 0. The average molecular weight is 155 g/mol. The molecule has 0 aromatic rings. The van der Waals surface area contributed by atoms with Crippen LogP contribution >= 0.6 is 11.8 Å². The van der Waals surface area contributed by atoms with Crippen LogP contribution in [0.1, 0.15) is 0 Å². The van der Waals surface area contributed by atoms with Gasteiger partial charge in [0, 0.05) is 11.8 Å². The molecule has 0 unspecified atom stereocenters. The quantitative estimate of drug-likeness (QED) is 0.495. The zero-order chi connectivity index (χ0) is 7.49. The second kappa shape index (κ2) is 2.73. The van der Waals surface area contributed by atoms with Gasteiger partial charge >= 0.3 is 5.51 Å². The predicted octanol–water partition coefficient (Wildman–Crippen LogP) is 1.29. The first-order valence-electron chi connectivity index (χ1n) is 1.65. The van der Waals surface area contributed by atoms with E-state index in [2.05, 4.69) is 0 Å². The lowest BCUT2D eigenvalue weighted by Crippen LogP contribution is -2.03. The highest BCUT2D eigenvalue weighted by molar-refractivity contribution is 8.14. The summed E-state index contributed by atoms with van der Waals surface area (Å²) in [6.07, 6.45) is 0. The van der Waals surface area contributed by atoms with Crippen molar-refractivity contribution in [2.45, 2.75) is 5.51 Å². The molecule has 0 saturated heterocycles. The number of halogens is 3. The van der Waals surface area contributed by atoms with E-state index in [4.69, 9.17) is 5.26 Å². The van der Waals surface area contributed by atoms with Gasteiger partial charge in [0.05, 0.1) is 0 Å². The summed E-state index contributed by atoms with van der Waals surface area (Å²) in [4.78, 5) is 9.71. The Balaban J connectivity index is 3.78. The van der Waals surface area contributed by atoms with E-state index in [0.717, 1.165) is 6.07 Å². The van der Waals surface area contributed by atoms with Crippen LogP contribution < -0.4 is 0 Å². The number of hydrogen-bond acceptors (Lipinski definition) is 3. The molecule has 0 amide bonds. The molecule has 0 radical (unpaired) electrons. The molecular formula is C3F3NOS. The summed E-state index contributed by atoms with van der Waals surface area (Å²) >= 11 is -0.943. The van der Waals surface area contributed by atoms with Crippen LogP contribution in [0.5, 0.6) is 0 Å². The van der Waals surface area contributed by atoms with Gasteiger partial charge in [-0.05, 0) is 0 Å². The fraction of sp³-hybridized carbons (Fsp3) is 0.333. The Morgan fingerprint density at radius 3 is 2.11 bits per heavy atom. The molecule has 0 aliphatic heterocycles. The van der Waals surface area contributed by atoms with Crippen LogP contribution in [0, 0.1) is 11.3 Å². The van der Waals surface area contributed by atoms with E-state index in [9.17, 15) is 18.0 Å². The maximum Gasteiger partial charge on any atom is 0.450 e. The first-order chi connectivity index (χ1) is 3.95. The molecule has 50 valence electrons. The molecule has 0 spiro atoms. The van der Waals surface area contributed by atoms with Crippen molar-refractivity contribution in [3.63, 3.8) is 0 Å². The Bertz CT molecular complexity index is 157. The van der Waals surface area contributed by atoms with Crippen LogP contribution in [0.3, 0.4) is 0 Å². The van der Waals surface area contributed by atoms with Gasteiger partial charge < -0.3 is 0 Å². The van der Waals surface area contributed by atoms with Crippen LogP contribution in [-0.4, -0.2) is 10.6 Å². The van der Waals surface area contributed by atoms with Crippen LogP contribution in [0.4, 0.5) is 13.2 Å². The van der Waals surface area contributed by atoms with Crippen LogP contribution in [-0.2, 0) is 4.79 Å². The lowest BCUT2D eigenvalue weighted by molar-refractivity contribution is -0.107. The van der Waals surface area contributed by atoms with Gasteiger partial charge in [-0.3, -0.25) is 4.79 Å². The maximum absolute atomic E-state index is 11.1. The third-order valence-corrected chi connectivity index (χ3v) is 0.808. The summed E-state index contributed by atoms with van der Waals surface area (Å²) in [5, 5.41) is 6.04. The number of nitrogens with zero attached hydrogens (tertiary/aromatic N) is 1. The number of nitriles is 1. The number of thioether (sulfide) groups is 1. The smallest absolute Gasteiger partial charge is 0.269 e. The lowest BCUT2D eigenvalue weighted by Gasteiger charge is -1.97. The second-order valence-corrected chi connectivity index (χ2v) is 1.98. The zero-order valence-corrected chi connectivity index (χ0v) is 4.71. The van der Waals surface area contributed by atoms with Crippen molar-refractivity contribution in [2.75, 3.05) is 0 Å². The molecule has 0 saturated carbocycles. The first kappa shape index (κ1) is 8.30. The van der Waals surface area contributed by atoms with Gasteiger partial charge in [-0.15, -0.1) is 0 Å². The monoisotopic (exact) mass is 155 g/mol. The highest BCUT2D eigenvalue weighted by Crippen LogP contribution is 2.30. The molecule has 0 aromatic heterocycles. The molecule has 0 aliphatic carbocycles. The minimum absolute atomic E-state index is 0.826. The Morgan fingerprint density at radius 2 is 2.00 bits per heavy atom. The molecule has 9 heavy (non-hydrogen) atoms. The van der Waals surface area contributed by atoms with Crippen molar-refractivity contribution in [2.24, 2.45) is 0 Å². The average Bonchev–Trinajstić information content (AvgIpc) is 1.62. The molecule has 0 rings (SSSR count). The van der Waals surface area contributed by atoms with Gasteiger partial charge in [-0.25, -0.2) is 0 Å². The largest absolute Gasteiger partial charge is 0.450 e. The standard InChI is InChI=1S/C3F3NOS/c4-3(5,6)9-2(8)1-7. The van der Waals surface area contributed by atoms with Crippen molar-refractivity contribution in [1.82, 2.24) is 0 Å². The molecule has 0 fully saturated rings. The van der Waals surface area contributed by atoms with Gasteiger partial charge in [-0.2, -0.15) is 18.4 Å². The second-order valence-electron chi connectivity index (χ2n) is 0.947. The number of carbonyl (C=O) groups excluding carboxylic acids is 1. The lowest BCUT2D eigenvalue weighted by atomic mass is 10.9. The van der Waals surface area contributed by atoms with Crippen molar-refractivity contribution < 1.29 is 18.0 Å². The van der Waals surface area contributed by atoms with E-state index in [1.807, 2.05) is 0 Å². The fourth-order valence-corrected chi connectivity index (χ4v) is 0.384. The SMILES string of the molecule is N#CC(=O)SC(F)(F)F. The topological polar surface area (TPSA) is 40.9 Å². The predicted molar refractivity (Wildman–Crippen MR) is 24.3 cm³/mol. The Labute approximate surface area is 52.6 Å². The van der Waals surface area contributed by atoms with E-state index in [-0.39, 0.29) is 0 Å². The van der Waals surface area contributed by atoms with Crippen LogP contribution in [0.15, 0.2) is 0 Å². The van der Waals surface area contributed by atoms with Crippen molar-refractivity contribution in [3.05, 3.63) is 0 Å². The number of rotatable bonds is 0. The van der Waals surface area contributed by atoms with Gasteiger partial charge in [0.1, 0.15) is 0 Å². The summed E-state index contributed by atoms with van der Waals surface area (Å²) in [5.74, 6) is 0. The van der Waals surface area contributed by atoms with E-state index in [1.54, 1.807) is 0 Å². The molecule has 0 N–H and O–H groups in total. The van der Waals surface area contributed by atoms with E-state index in [1.165, 1.54) is 0 Å². The molecule has 0 bridgehead atoms. The third kappa shape index (κ3) is 5.17. The minimum atomic E-state index is -4.63. The van der Waals surface area contributed by atoms with Crippen molar-refractivity contribution in [1.29, 1.82) is 5.26 Å². The van der Waals surface area contributed by atoms with Gasteiger partial charge in [0.15, 0.2) is 6.07 Å². The maximum atomic E-state index is 11.1. The third-order valence-electron chi connectivity index (χ3n) is 0.300. The van der Waals surface area contributed by atoms with Gasteiger partial charge in [0.2, 0.25) is 0 Å². The van der Waals surface area contributed by atoms with E-state index in [0.29, 0.717) is 0 Å². The summed E-state index contributed by atoms with van der Waals surface area (Å²) in [6.45, 7) is 0. The molecule has 6 heteroatoms. The van der Waals surface area contributed by atoms with Crippen molar-refractivity contribution >= 4 is 16.9 Å². The highest BCUT2D eigenvalue weighted by atomic mass is 32.2. The number of carbonyl (C=O) groups is 1. The summed E-state index contributed by atoms with van der Waals surface area (Å²) < 4.78 is 33.3. The first-order valence-corrected chi connectivity index (χ1v) is 2.47. The van der Waals surface area contributed by atoms with Gasteiger partial charge in [0.25, 0.3) is 5.12 Å². The Hall–Kier alpha value is -0.700. The van der Waals surface area contributed by atoms with Crippen LogP contribution in [0.2, 0.25) is 0 Å². The van der Waals surface area contributed by atoms with Crippen LogP contribution in [0.25, 0.3) is 0 Å². The molecular weight excluding hydrogens is 155 g/mol. The van der Waals surface area contributed by atoms with E-state index >= 15 is 0 Å². The number of alkyl halides is 3. The van der Waals surface area contributed by atoms with Gasteiger partial charge in [-0.1, -0.05) is 0 Å². The normalized spacial score (nSPS) is 10.4. The fourth-order valence-electron chi connectivity index (χ4n) is 0.128. The highest BCUT2D eigenvalue weighted by Gasteiger charge is 2.32. The van der Waals surface area contributed by atoms with Crippen molar-refractivity contribution in [3.8, 4) is 6.07 Å². The zero-order valence-electron chi connectivity index (χ0n) is 3.90.